The largest absolute Gasteiger partial charge is 0.392 e. The summed E-state index contributed by atoms with van der Waals surface area (Å²) >= 11 is 6.05. The second kappa shape index (κ2) is 6.08. The molecule has 5 heteroatoms. The van der Waals surface area contributed by atoms with E-state index in [0.717, 1.165) is 21.9 Å². The van der Waals surface area contributed by atoms with E-state index in [1.54, 1.807) is 0 Å². The van der Waals surface area contributed by atoms with E-state index in [1.165, 1.54) is 0 Å². The monoisotopic (exact) mass is 299 g/mol. The van der Waals surface area contributed by atoms with E-state index >= 15 is 0 Å². The summed E-state index contributed by atoms with van der Waals surface area (Å²) in [6, 6.07) is 15.5. The fourth-order valence-electron chi connectivity index (χ4n) is 2.15. The maximum absolute atomic E-state index is 9.03. The average molecular weight is 300 g/mol. The SMILES string of the molecule is OCc1ccc(CNc2nnc(Cl)c3ccccc23)cc1. The third kappa shape index (κ3) is 2.96. The highest BCUT2D eigenvalue weighted by atomic mass is 35.5. The first-order valence-corrected chi connectivity index (χ1v) is 6.99. The fourth-order valence-corrected chi connectivity index (χ4v) is 2.35. The number of aliphatic hydroxyl groups is 1. The van der Waals surface area contributed by atoms with E-state index < -0.39 is 0 Å². The van der Waals surface area contributed by atoms with Gasteiger partial charge < -0.3 is 10.4 Å². The van der Waals surface area contributed by atoms with E-state index in [2.05, 4.69) is 15.5 Å². The van der Waals surface area contributed by atoms with Crippen LogP contribution >= 0.6 is 11.6 Å². The predicted molar refractivity (Wildman–Crippen MR) is 84.2 cm³/mol. The van der Waals surface area contributed by atoms with Crippen LogP contribution in [0.15, 0.2) is 48.5 Å². The van der Waals surface area contributed by atoms with Gasteiger partial charge in [0.25, 0.3) is 0 Å². The summed E-state index contributed by atoms with van der Waals surface area (Å²) < 4.78 is 0. The molecule has 1 heterocycles. The molecular weight excluding hydrogens is 286 g/mol. The fraction of sp³-hybridized carbons (Fsp3) is 0.125. The Labute approximate surface area is 127 Å². The Hall–Kier alpha value is -2.17. The average Bonchev–Trinajstić information content (AvgIpc) is 2.55. The standard InChI is InChI=1S/C16H14ClN3O/c17-15-13-3-1-2-4-14(13)16(20-19-15)18-9-11-5-7-12(10-21)8-6-11/h1-8,21H,9-10H2,(H,18,20). The molecule has 2 N–H and O–H groups in total. The normalized spacial score (nSPS) is 10.8. The molecule has 0 saturated heterocycles. The Morgan fingerprint density at radius 3 is 2.29 bits per heavy atom. The van der Waals surface area contributed by atoms with Crippen LogP contribution in [0.3, 0.4) is 0 Å². The molecule has 0 amide bonds. The predicted octanol–water partition coefficient (Wildman–Crippen LogP) is 3.39. The lowest BCUT2D eigenvalue weighted by Gasteiger charge is -2.09. The van der Waals surface area contributed by atoms with Gasteiger partial charge in [0.2, 0.25) is 0 Å². The first kappa shape index (κ1) is 13.8. The molecule has 0 unspecified atom stereocenters. The third-order valence-electron chi connectivity index (χ3n) is 3.31. The van der Waals surface area contributed by atoms with Crippen LogP contribution in [0.25, 0.3) is 10.8 Å². The molecule has 3 rings (SSSR count). The van der Waals surface area contributed by atoms with Crippen molar-refractivity contribution in [2.24, 2.45) is 0 Å². The maximum atomic E-state index is 9.03. The number of fused-ring (bicyclic) bond motifs is 1. The summed E-state index contributed by atoms with van der Waals surface area (Å²) in [5.74, 6) is 0.709. The van der Waals surface area contributed by atoms with E-state index in [4.69, 9.17) is 16.7 Å². The first-order chi connectivity index (χ1) is 10.3. The van der Waals surface area contributed by atoms with Gasteiger partial charge in [-0.25, -0.2) is 0 Å². The van der Waals surface area contributed by atoms with Crippen molar-refractivity contribution in [2.45, 2.75) is 13.2 Å². The van der Waals surface area contributed by atoms with Gasteiger partial charge >= 0.3 is 0 Å². The zero-order valence-electron chi connectivity index (χ0n) is 11.3. The number of rotatable bonds is 4. The molecule has 106 valence electrons. The number of nitrogens with one attached hydrogen (secondary N) is 1. The lowest BCUT2D eigenvalue weighted by Crippen LogP contribution is -2.03. The smallest absolute Gasteiger partial charge is 0.159 e. The highest BCUT2D eigenvalue weighted by Crippen LogP contribution is 2.25. The third-order valence-corrected chi connectivity index (χ3v) is 3.59. The summed E-state index contributed by atoms with van der Waals surface area (Å²) in [5, 5.41) is 22.6. The molecule has 0 saturated carbocycles. The minimum Gasteiger partial charge on any atom is -0.392 e. The van der Waals surface area contributed by atoms with Gasteiger partial charge in [-0.1, -0.05) is 60.1 Å². The number of halogens is 1. The van der Waals surface area contributed by atoms with E-state index in [9.17, 15) is 0 Å². The van der Waals surface area contributed by atoms with Gasteiger partial charge in [-0.15, -0.1) is 10.2 Å². The molecule has 21 heavy (non-hydrogen) atoms. The van der Waals surface area contributed by atoms with Crippen molar-refractivity contribution in [3.63, 3.8) is 0 Å². The number of hydrogen-bond acceptors (Lipinski definition) is 4. The van der Waals surface area contributed by atoms with Gasteiger partial charge in [0.1, 0.15) is 0 Å². The van der Waals surface area contributed by atoms with Crippen LogP contribution in [0.2, 0.25) is 5.15 Å². The zero-order chi connectivity index (χ0) is 14.7. The van der Waals surface area contributed by atoms with E-state index in [0.29, 0.717) is 17.5 Å². The number of aliphatic hydroxyl groups excluding tert-OH is 1. The molecule has 0 aliphatic heterocycles. The van der Waals surface area contributed by atoms with Gasteiger partial charge in [0.05, 0.1) is 6.61 Å². The number of anilines is 1. The van der Waals surface area contributed by atoms with Crippen molar-refractivity contribution in [2.75, 3.05) is 5.32 Å². The van der Waals surface area contributed by atoms with E-state index in [-0.39, 0.29) is 6.61 Å². The van der Waals surface area contributed by atoms with Crippen molar-refractivity contribution in [1.82, 2.24) is 10.2 Å². The second-order valence-electron chi connectivity index (χ2n) is 4.71. The van der Waals surface area contributed by atoms with Crippen molar-refractivity contribution in [1.29, 1.82) is 0 Å². The lowest BCUT2D eigenvalue weighted by molar-refractivity contribution is 0.282. The Kier molecular flexibility index (Phi) is 3.99. The Morgan fingerprint density at radius 2 is 1.57 bits per heavy atom. The van der Waals surface area contributed by atoms with Gasteiger partial charge in [-0.05, 0) is 11.1 Å². The highest BCUT2D eigenvalue weighted by Gasteiger charge is 2.06. The first-order valence-electron chi connectivity index (χ1n) is 6.61. The summed E-state index contributed by atoms with van der Waals surface area (Å²) in [4.78, 5) is 0. The lowest BCUT2D eigenvalue weighted by atomic mass is 10.1. The minimum atomic E-state index is 0.0566. The molecule has 2 aromatic carbocycles. The molecule has 0 spiro atoms. The van der Waals surface area contributed by atoms with Crippen LogP contribution in [0, 0.1) is 0 Å². The number of nitrogens with zero attached hydrogens (tertiary/aromatic N) is 2. The molecule has 0 aliphatic carbocycles. The van der Waals surface area contributed by atoms with Crippen molar-refractivity contribution < 1.29 is 5.11 Å². The molecule has 0 atom stereocenters. The Balaban J connectivity index is 1.83. The topological polar surface area (TPSA) is 58.0 Å². The number of aromatic nitrogens is 2. The Bertz CT molecular complexity index is 759. The quantitative estimate of drug-likeness (QED) is 0.775. The van der Waals surface area contributed by atoms with Crippen molar-refractivity contribution >= 4 is 28.2 Å². The minimum absolute atomic E-state index is 0.0566. The summed E-state index contributed by atoms with van der Waals surface area (Å²) in [6.45, 7) is 0.688. The molecule has 4 nitrogen and oxygen atoms in total. The zero-order valence-corrected chi connectivity index (χ0v) is 12.0. The van der Waals surface area contributed by atoms with Gasteiger partial charge in [0, 0.05) is 17.3 Å². The van der Waals surface area contributed by atoms with Gasteiger partial charge in [0.15, 0.2) is 11.0 Å². The Morgan fingerprint density at radius 1 is 0.905 bits per heavy atom. The summed E-state index contributed by atoms with van der Waals surface area (Å²) in [6.07, 6.45) is 0. The van der Waals surface area contributed by atoms with Crippen LogP contribution < -0.4 is 5.32 Å². The number of benzene rings is 2. The van der Waals surface area contributed by atoms with Crippen LogP contribution in [-0.4, -0.2) is 15.3 Å². The van der Waals surface area contributed by atoms with Crippen LogP contribution in [0.4, 0.5) is 5.82 Å². The molecular formula is C16H14ClN3O. The molecule has 3 aromatic rings. The molecule has 0 radical (unpaired) electrons. The van der Waals surface area contributed by atoms with E-state index in [1.807, 2.05) is 48.5 Å². The van der Waals surface area contributed by atoms with Crippen molar-refractivity contribution in [3.8, 4) is 0 Å². The highest BCUT2D eigenvalue weighted by molar-refractivity contribution is 6.34. The summed E-state index contributed by atoms with van der Waals surface area (Å²) in [7, 11) is 0. The molecule has 0 aliphatic rings. The summed E-state index contributed by atoms with van der Waals surface area (Å²) in [5.41, 5.74) is 2.00. The molecule has 1 aromatic heterocycles. The van der Waals surface area contributed by atoms with Gasteiger partial charge in [-0.3, -0.25) is 0 Å². The molecule has 0 bridgehead atoms. The molecule has 0 fully saturated rings. The van der Waals surface area contributed by atoms with Crippen LogP contribution in [0.5, 0.6) is 0 Å². The van der Waals surface area contributed by atoms with Crippen molar-refractivity contribution in [3.05, 3.63) is 64.8 Å². The maximum Gasteiger partial charge on any atom is 0.159 e. The van der Waals surface area contributed by atoms with Crippen LogP contribution in [0.1, 0.15) is 11.1 Å². The second-order valence-corrected chi connectivity index (χ2v) is 5.07. The van der Waals surface area contributed by atoms with Crippen LogP contribution in [-0.2, 0) is 13.2 Å². The number of hydrogen-bond donors (Lipinski definition) is 2. The van der Waals surface area contributed by atoms with Gasteiger partial charge in [-0.2, -0.15) is 0 Å².